The number of aromatic amines is 1. The molecule has 0 aliphatic heterocycles. The van der Waals surface area contributed by atoms with Crippen molar-refractivity contribution in [3.8, 4) is 11.1 Å². The van der Waals surface area contributed by atoms with Crippen LogP contribution in [0.3, 0.4) is 0 Å². The van der Waals surface area contributed by atoms with Crippen molar-refractivity contribution < 1.29 is 9.90 Å². The highest BCUT2D eigenvalue weighted by molar-refractivity contribution is 5.95. The minimum absolute atomic E-state index is 0.0738. The topological polar surface area (TPSA) is 66.0 Å². The molecule has 0 atom stereocenters. The zero-order valence-electron chi connectivity index (χ0n) is 12.5. The molecule has 0 radical (unpaired) electrons. The number of carbonyl (C=O) groups is 1. The van der Waals surface area contributed by atoms with Crippen molar-refractivity contribution in [2.45, 2.75) is 40.0 Å². The highest BCUT2D eigenvalue weighted by atomic mass is 16.4. The van der Waals surface area contributed by atoms with Crippen LogP contribution >= 0.6 is 0 Å². The van der Waals surface area contributed by atoms with Gasteiger partial charge in [0.05, 0.1) is 0 Å². The number of aromatic nitrogens is 2. The molecule has 0 unspecified atom stereocenters. The molecular formula is C16H20N2O2. The molecule has 4 heteroatoms. The molecular weight excluding hydrogens is 252 g/mol. The van der Waals surface area contributed by atoms with Gasteiger partial charge in [0.25, 0.3) is 0 Å². The second-order valence-electron chi connectivity index (χ2n) is 6.16. The molecule has 0 saturated carbocycles. The van der Waals surface area contributed by atoms with Crippen LogP contribution in [0.1, 0.15) is 48.1 Å². The van der Waals surface area contributed by atoms with E-state index in [4.69, 9.17) is 0 Å². The monoisotopic (exact) mass is 272 g/mol. The van der Waals surface area contributed by atoms with Crippen molar-refractivity contribution in [1.82, 2.24) is 10.2 Å². The minimum atomic E-state index is -1.01. The van der Waals surface area contributed by atoms with Crippen molar-refractivity contribution >= 4 is 5.97 Å². The number of benzene rings is 1. The summed E-state index contributed by atoms with van der Waals surface area (Å²) in [5, 5.41) is 15.9. The minimum Gasteiger partial charge on any atom is -0.476 e. The Bertz CT molecular complexity index is 664. The summed E-state index contributed by atoms with van der Waals surface area (Å²) in [4.78, 5) is 11.3. The van der Waals surface area contributed by atoms with Gasteiger partial charge >= 0.3 is 5.97 Å². The van der Waals surface area contributed by atoms with Gasteiger partial charge in [-0.05, 0) is 36.0 Å². The van der Waals surface area contributed by atoms with Gasteiger partial charge in [-0.2, -0.15) is 5.10 Å². The summed E-state index contributed by atoms with van der Waals surface area (Å²) in [6, 6.07) is 6.16. The van der Waals surface area contributed by atoms with Gasteiger partial charge in [-0.1, -0.05) is 39.0 Å². The fourth-order valence-corrected chi connectivity index (χ4v) is 2.32. The zero-order valence-corrected chi connectivity index (χ0v) is 12.5. The summed E-state index contributed by atoms with van der Waals surface area (Å²) in [7, 11) is 0. The van der Waals surface area contributed by atoms with Gasteiger partial charge in [-0.15, -0.1) is 0 Å². The number of carboxylic acids is 1. The molecule has 20 heavy (non-hydrogen) atoms. The largest absolute Gasteiger partial charge is 0.476 e. The summed E-state index contributed by atoms with van der Waals surface area (Å²) < 4.78 is 0. The van der Waals surface area contributed by atoms with Gasteiger partial charge in [0.1, 0.15) is 0 Å². The SMILES string of the molecule is Cc1cc(C(C)(C)C)ccc1-c1c(C(=O)O)n[nH]c1C. The van der Waals surface area contributed by atoms with Crippen LogP contribution in [-0.2, 0) is 5.41 Å². The van der Waals surface area contributed by atoms with Crippen LogP contribution < -0.4 is 0 Å². The summed E-state index contributed by atoms with van der Waals surface area (Å²) in [6.07, 6.45) is 0. The van der Waals surface area contributed by atoms with Gasteiger partial charge in [0.15, 0.2) is 5.69 Å². The van der Waals surface area contributed by atoms with Crippen LogP contribution in [0.4, 0.5) is 0 Å². The second kappa shape index (κ2) is 4.78. The molecule has 1 aromatic carbocycles. The number of carboxylic acid groups (broad SMARTS) is 1. The van der Waals surface area contributed by atoms with Gasteiger partial charge in [0, 0.05) is 11.3 Å². The maximum Gasteiger partial charge on any atom is 0.357 e. The Morgan fingerprint density at radius 1 is 1.25 bits per heavy atom. The number of aryl methyl sites for hydroxylation is 2. The lowest BCUT2D eigenvalue weighted by molar-refractivity contribution is 0.0691. The molecule has 106 valence electrons. The van der Waals surface area contributed by atoms with Crippen molar-refractivity contribution in [2.75, 3.05) is 0 Å². The maximum atomic E-state index is 11.3. The highest BCUT2D eigenvalue weighted by Gasteiger charge is 2.21. The predicted octanol–water partition coefficient (Wildman–Crippen LogP) is 3.69. The molecule has 0 aliphatic rings. The first-order valence-electron chi connectivity index (χ1n) is 6.61. The highest BCUT2D eigenvalue weighted by Crippen LogP contribution is 2.32. The molecule has 0 spiro atoms. The van der Waals surface area contributed by atoms with Gasteiger partial charge in [-0.3, -0.25) is 5.10 Å². The van der Waals surface area contributed by atoms with Crippen LogP contribution in [0.2, 0.25) is 0 Å². The molecule has 0 fully saturated rings. The number of nitrogens with one attached hydrogen (secondary N) is 1. The Labute approximate surface area is 118 Å². The van der Waals surface area contributed by atoms with Gasteiger partial charge < -0.3 is 5.11 Å². The number of rotatable bonds is 2. The number of hydrogen-bond donors (Lipinski definition) is 2. The van der Waals surface area contributed by atoms with E-state index in [9.17, 15) is 9.90 Å². The van der Waals surface area contributed by atoms with E-state index in [-0.39, 0.29) is 11.1 Å². The van der Waals surface area contributed by atoms with Crippen LogP contribution in [0, 0.1) is 13.8 Å². The van der Waals surface area contributed by atoms with Gasteiger partial charge in [-0.25, -0.2) is 4.79 Å². The lowest BCUT2D eigenvalue weighted by Crippen LogP contribution is -2.11. The fraction of sp³-hybridized carbons (Fsp3) is 0.375. The average molecular weight is 272 g/mol. The Kier molecular flexibility index (Phi) is 3.42. The quantitative estimate of drug-likeness (QED) is 0.876. The zero-order chi connectivity index (χ0) is 15.1. The van der Waals surface area contributed by atoms with Crippen LogP contribution in [0.15, 0.2) is 18.2 Å². The standard InChI is InChI=1S/C16H20N2O2/c1-9-8-11(16(3,4)5)6-7-12(9)13-10(2)17-18-14(13)15(19)20/h6-8H,1-5H3,(H,17,18)(H,19,20). The van der Waals surface area contributed by atoms with Gasteiger partial charge in [0.2, 0.25) is 0 Å². The van der Waals surface area contributed by atoms with E-state index in [1.165, 1.54) is 5.56 Å². The second-order valence-corrected chi connectivity index (χ2v) is 6.16. The van der Waals surface area contributed by atoms with Crippen molar-refractivity contribution in [3.05, 3.63) is 40.7 Å². The molecule has 2 aromatic rings. The summed E-state index contributed by atoms with van der Waals surface area (Å²) >= 11 is 0. The van der Waals surface area contributed by atoms with E-state index >= 15 is 0 Å². The first kappa shape index (κ1) is 14.3. The molecule has 0 saturated heterocycles. The van der Waals surface area contributed by atoms with Crippen LogP contribution in [0.5, 0.6) is 0 Å². The first-order chi connectivity index (χ1) is 9.21. The smallest absolute Gasteiger partial charge is 0.357 e. The molecule has 0 aliphatic carbocycles. The Morgan fingerprint density at radius 2 is 1.90 bits per heavy atom. The number of hydrogen-bond acceptors (Lipinski definition) is 2. The normalized spacial score (nSPS) is 11.7. The third-order valence-corrected chi connectivity index (χ3v) is 3.51. The van der Waals surface area contributed by atoms with E-state index in [0.717, 1.165) is 16.8 Å². The van der Waals surface area contributed by atoms with E-state index in [2.05, 4.69) is 43.1 Å². The molecule has 0 bridgehead atoms. The molecule has 2 N–H and O–H groups in total. The molecule has 1 heterocycles. The van der Waals surface area contributed by atoms with E-state index in [1.807, 2.05) is 19.9 Å². The summed E-state index contributed by atoms with van der Waals surface area (Å²) in [6.45, 7) is 10.3. The van der Waals surface area contributed by atoms with Crippen molar-refractivity contribution in [2.24, 2.45) is 0 Å². The van der Waals surface area contributed by atoms with Crippen LogP contribution in [0.25, 0.3) is 11.1 Å². The molecule has 0 amide bonds. The van der Waals surface area contributed by atoms with Crippen molar-refractivity contribution in [1.29, 1.82) is 0 Å². The fourth-order valence-electron chi connectivity index (χ4n) is 2.32. The summed E-state index contributed by atoms with van der Waals surface area (Å²) in [5.41, 5.74) is 4.81. The molecule has 1 aromatic heterocycles. The average Bonchev–Trinajstić information content (AvgIpc) is 2.70. The van der Waals surface area contributed by atoms with E-state index in [1.54, 1.807) is 0 Å². The third kappa shape index (κ3) is 2.46. The maximum absolute atomic E-state index is 11.3. The Hall–Kier alpha value is -2.10. The lowest BCUT2D eigenvalue weighted by atomic mass is 9.84. The first-order valence-corrected chi connectivity index (χ1v) is 6.61. The lowest BCUT2D eigenvalue weighted by Gasteiger charge is -2.20. The summed E-state index contributed by atoms with van der Waals surface area (Å²) in [5.74, 6) is -1.01. The third-order valence-electron chi connectivity index (χ3n) is 3.51. The Morgan fingerprint density at radius 3 is 2.40 bits per heavy atom. The number of H-pyrrole nitrogens is 1. The number of nitrogens with zero attached hydrogens (tertiary/aromatic N) is 1. The van der Waals surface area contributed by atoms with E-state index < -0.39 is 5.97 Å². The molecule has 4 nitrogen and oxygen atoms in total. The van der Waals surface area contributed by atoms with E-state index in [0.29, 0.717) is 5.56 Å². The molecule has 2 rings (SSSR count). The number of aromatic carboxylic acids is 1. The van der Waals surface area contributed by atoms with Crippen LogP contribution in [-0.4, -0.2) is 21.3 Å². The Balaban J connectivity index is 2.60. The van der Waals surface area contributed by atoms with Crippen molar-refractivity contribution in [3.63, 3.8) is 0 Å². The predicted molar refractivity (Wildman–Crippen MR) is 79.2 cm³/mol.